The van der Waals surface area contributed by atoms with Gasteiger partial charge in [-0.05, 0) is 87.0 Å². The molecule has 3 aromatic rings. The van der Waals surface area contributed by atoms with E-state index in [4.69, 9.17) is 17.3 Å². The number of fused-ring (bicyclic) bond motifs is 1. The van der Waals surface area contributed by atoms with Crippen molar-refractivity contribution in [3.8, 4) is 11.1 Å². The monoisotopic (exact) mass is 452 g/mol. The summed E-state index contributed by atoms with van der Waals surface area (Å²) in [7, 11) is 0. The zero-order valence-corrected chi connectivity index (χ0v) is 19.3. The van der Waals surface area contributed by atoms with Crippen molar-refractivity contribution in [2.45, 2.75) is 32.6 Å². The Morgan fingerprint density at radius 2 is 1.81 bits per heavy atom. The summed E-state index contributed by atoms with van der Waals surface area (Å²) in [6.45, 7) is 7.43. The summed E-state index contributed by atoms with van der Waals surface area (Å²) < 4.78 is 14.3. The Morgan fingerprint density at radius 1 is 1.06 bits per heavy atom. The van der Waals surface area contributed by atoms with Crippen LogP contribution in [0.3, 0.4) is 0 Å². The van der Waals surface area contributed by atoms with Crippen LogP contribution in [0.25, 0.3) is 22.0 Å². The number of nitrogen functional groups attached to an aromatic ring is 1. The number of aromatic nitrogens is 1. The number of halogens is 2. The molecule has 0 unspecified atom stereocenters. The van der Waals surface area contributed by atoms with Crippen molar-refractivity contribution >= 4 is 33.9 Å². The lowest BCUT2D eigenvalue weighted by Crippen LogP contribution is -2.38. The molecule has 5 rings (SSSR count). The Balaban J connectivity index is 1.44. The summed E-state index contributed by atoms with van der Waals surface area (Å²) in [5, 5.41) is 1.45. The number of benzene rings is 2. The second kappa shape index (κ2) is 8.87. The van der Waals surface area contributed by atoms with Crippen LogP contribution < -0.4 is 10.6 Å². The summed E-state index contributed by atoms with van der Waals surface area (Å²) >= 11 is 6.26. The lowest BCUT2D eigenvalue weighted by molar-refractivity contribution is 0.249. The van der Waals surface area contributed by atoms with Crippen molar-refractivity contribution in [3.63, 3.8) is 0 Å². The predicted octanol–water partition coefficient (Wildman–Crippen LogP) is 5.90. The number of pyridine rings is 1. The summed E-state index contributed by atoms with van der Waals surface area (Å²) in [6, 6.07) is 9.40. The third-order valence-electron chi connectivity index (χ3n) is 7.13. The van der Waals surface area contributed by atoms with E-state index < -0.39 is 0 Å². The van der Waals surface area contributed by atoms with Gasteiger partial charge in [0.1, 0.15) is 5.82 Å². The molecule has 0 saturated carbocycles. The zero-order valence-electron chi connectivity index (χ0n) is 18.6. The van der Waals surface area contributed by atoms with Gasteiger partial charge in [0.2, 0.25) is 0 Å². The molecule has 0 spiro atoms. The molecular weight excluding hydrogens is 423 g/mol. The van der Waals surface area contributed by atoms with Gasteiger partial charge in [0.25, 0.3) is 0 Å². The van der Waals surface area contributed by atoms with Gasteiger partial charge in [-0.3, -0.25) is 4.98 Å². The van der Waals surface area contributed by atoms with Gasteiger partial charge in [0, 0.05) is 35.6 Å². The Hall–Kier alpha value is -2.37. The summed E-state index contributed by atoms with van der Waals surface area (Å²) in [5.74, 6) is 0.463. The molecule has 2 saturated heterocycles. The lowest BCUT2D eigenvalue weighted by Gasteiger charge is -2.36. The number of likely N-dealkylation sites (tertiary alicyclic amines) is 1. The van der Waals surface area contributed by atoms with E-state index in [-0.39, 0.29) is 5.82 Å². The van der Waals surface area contributed by atoms with Crippen LogP contribution in [0, 0.1) is 18.7 Å². The number of nitrogens with two attached hydrogens (primary N) is 1. The van der Waals surface area contributed by atoms with Gasteiger partial charge in [-0.1, -0.05) is 17.7 Å². The number of hydrogen-bond acceptors (Lipinski definition) is 4. The SMILES string of the molecule is Cc1c(F)cc(-c2ccc3ncc(N)c(N4CCC(CN5CCCC5)CC4)c3c2)cc1Cl. The van der Waals surface area contributed by atoms with Crippen LogP contribution in [0.4, 0.5) is 15.8 Å². The highest BCUT2D eigenvalue weighted by molar-refractivity contribution is 6.31. The molecule has 0 amide bonds. The second-order valence-electron chi connectivity index (χ2n) is 9.30. The fraction of sp³-hybridized carbons (Fsp3) is 0.423. The minimum atomic E-state index is -0.293. The van der Waals surface area contributed by atoms with Crippen LogP contribution in [0.15, 0.2) is 36.5 Å². The Morgan fingerprint density at radius 3 is 2.53 bits per heavy atom. The molecule has 2 aliphatic heterocycles. The van der Waals surface area contributed by atoms with Gasteiger partial charge in [-0.25, -0.2) is 4.39 Å². The number of piperidine rings is 1. The molecule has 168 valence electrons. The van der Waals surface area contributed by atoms with Crippen molar-refractivity contribution in [2.24, 2.45) is 5.92 Å². The largest absolute Gasteiger partial charge is 0.396 e. The number of anilines is 2. The average Bonchev–Trinajstić information content (AvgIpc) is 3.30. The smallest absolute Gasteiger partial charge is 0.128 e. The van der Waals surface area contributed by atoms with Crippen molar-refractivity contribution < 1.29 is 4.39 Å². The van der Waals surface area contributed by atoms with E-state index in [1.54, 1.807) is 19.2 Å². The van der Waals surface area contributed by atoms with E-state index in [9.17, 15) is 4.39 Å². The number of hydrogen-bond donors (Lipinski definition) is 1. The van der Waals surface area contributed by atoms with Crippen molar-refractivity contribution in [2.75, 3.05) is 43.4 Å². The van der Waals surface area contributed by atoms with Crippen LogP contribution >= 0.6 is 11.6 Å². The van der Waals surface area contributed by atoms with Crippen molar-refractivity contribution in [1.29, 1.82) is 0 Å². The molecule has 2 N–H and O–H groups in total. The third-order valence-corrected chi connectivity index (χ3v) is 7.52. The normalized spacial score (nSPS) is 18.0. The predicted molar refractivity (Wildman–Crippen MR) is 132 cm³/mol. The lowest BCUT2D eigenvalue weighted by atomic mass is 9.95. The van der Waals surface area contributed by atoms with Gasteiger partial charge in [0.05, 0.1) is 23.1 Å². The fourth-order valence-electron chi connectivity index (χ4n) is 5.21. The van der Waals surface area contributed by atoms with Crippen LogP contribution in [0.2, 0.25) is 5.02 Å². The van der Waals surface area contributed by atoms with Crippen LogP contribution in [-0.4, -0.2) is 42.6 Å². The standard InChI is InChI=1S/C26H30ClFN4/c1-17-22(27)13-20(14-23(17)28)19-4-5-25-21(12-19)26(24(29)15-30-25)32-10-6-18(7-11-32)16-31-8-2-3-9-31/h4-5,12-15,18H,2-3,6-11,16,29H2,1H3. The molecular formula is C26H30ClFN4. The summed E-state index contributed by atoms with van der Waals surface area (Å²) in [5.41, 5.74) is 11.2. The molecule has 1 aromatic heterocycles. The van der Waals surface area contributed by atoms with Crippen LogP contribution in [0.1, 0.15) is 31.2 Å². The molecule has 3 heterocycles. The summed E-state index contributed by atoms with van der Waals surface area (Å²) in [4.78, 5) is 9.57. The minimum Gasteiger partial charge on any atom is -0.396 e. The van der Waals surface area contributed by atoms with E-state index in [0.717, 1.165) is 46.7 Å². The van der Waals surface area contributed by atoms with Crippen LogP contribution in [-0.2, 0) is 0 Å². The topological polar surface area (TPSA) is 45.4 Å². The zero-order chi connectivity index (χ0) is 22.2. The molecule has 2 fully saturated rings. The Bertz CT molecular complexity index is 1110. The van der Waals surface area contributed by atoms with E-state index in [1.165, 1.54) is 45.3 Å². The maximum absolute atomic E-state index is 14.3. The van der Waals surface area contributed by atoms with Gasteiger partial charge < -0.3 is 15.5 Å². The van der Waals surface area contributed by atoms with Gasteiger partial charge in [-0.15, -0.1) is 0 Å². The molecule has 0 aliphatic carbocycles. The Kier molecular flexibility index (Phi) is 5.95. The molecule has 0 bridgehead atoms. The van der Waals surface area contributed by atoms with E-state index >= 15 is 0 Å². The second-order valence-corrected chi connectivity index (χ2v) is 9.70. The number of nitrogens with zero attached hydrogens (tertiary/aromatic N) is 3. The molecule has 32 heavy (non-hydrogen) atoms. The molecule has 0 atom stereocenters. The van der Waals surface area contributed by atoms with E-state index in [0.29, 0.717) is 16.3 Å². The number of rotatable bonds is 4. The first kappa shape index (κ1) is 21.5. The molecule has 4 nitrogen and oxygen atoms in total. The van der Waals surface area contributed by atoms with E-state index in [1.807, 2.05) is 18.2 Å². The maximum atomic E-state index is 14.3. The molecule has 2 aliphatic rings. The fourth-order valence-corrected chi connectivity index (χ4v) is 5.42. The first-order valence-corrected chi connectivity index (χ1v) is 12.0. The average molecular weight is 453 g/mol. The van der Waals surface area contributed by atoms with Crippen molar-refractivity contribution in [1.82, 2.24) is 9.88 Å². The molecule has 6 heteroatoms. The molecule has 2 aromatic carbocycles. The quantitative estimate of drug-likeness (QED) is 0.535. The maximum Gasteiger partial charge on any atom is 0.128 e. The minimum absolute atomic E-state index is 0.293. The van der Waals surface area contributed by atoms with E-state index in [2.05, 4.69) is 20.9 Å². The highest BCUT2D eigenvalue weighted by atomic mass is 35.5. The highest BCUT2D eigenvalue weighted by Gasteiger charge is 2.25. The summed E-state index contributed by atoms with van der Waals surface area (Å²) in [6.07, 6.45) is 6.81. The van der Waals surface area contributed by atoms with Crippen molar-refractivity contribution in [3.05, 3.63) is 52.9 Å². The third kappa shape index (κ3) is 4.16. The van der Waals surface area contributed by atoms with Gasteiger partial charge >= 0.3 is 0 Å². The van der Waals surface area contributed by atoms with Gasteiger partial charge in [-0.2, -0.15) is 0 Å². The van der Waals surface area contributed by atoms with Crippen LogP contribution in [0.5, 0.6) is 0 Å². The highest BCUT2D eigenvalue weighted by Crippen LogP contribution is 2.37. The first-order chi connectivity index (χ1) is 15.5. The molecule has 0 radical (unpaired) electrons. The first-order valence-electron chi connectivity index (χ1n) is 11.6. The Labute approximate surface area is 194 Å². The van der Waals surface area contributed by atoms with Gasteiger partial charge in [0.15, 0.2) is 0 Å².